The van der Waals surface area contributed by atoms with Gasteiger partial charge in [0.2, 0.25) is 0 Å². The summed E-state index contributed by atoms with van der Waals surface area (Å²) in [6, 6.07) is 8.73. The number of hydrogen-bond acceptors (Lipinski definition) is 3. The number of hydrogen-bond donors (Lipinski definition) is 2. The van der Waals surface area contributed by atoms with Crippen LogP contribution in [-0.2, 0) is 13.0 Å². The summed E-state index contributed by atoms with van der Waals surface area (Å²) in [6.07, 6.45) is 3.64. The Labute approximate surface area is 115 Å². The zero-order valence-corrected chi connectivity index (χ0v) is 11.7. The maximum Gasteiger partial charge on any atom is 0.0628 e. The summed E-state index contributed by atoms with van der Waals surface area (Å²) in [5.74, 6) is 0.652. The third-order valence-electron chi connectivity index (χ3n) is 4.85. The third-order valence-corrected chi connectivity index (χ3v) is 4.85. The fraction of sp³-hybridized carbons (Fsp3) is 0.625. The first-order valence-corrected chi connectivity index (χ1v) is 7.36. The highest BCUT2D eigenvalue weighted by atomic mass is 16.3. The van der Waals surface area contributed by atoms with Gasteiger partial charge in [-0.15, -0.1) is 0 Å². The van der Waals surface area contributed by atoms with E-state index in [1.54, 1.807) is 0 Å². The van der Waals surface area contributed by atoms with Crippen molar-refractivity contribution in [3.05, 3.63) is 35.4 Å². The first-order valence-electron chi connectivity index (χ1n) is 7.36. The number of aliphatic hydroxyl groups excluding tert-OH is 1. The van der Waals surface area contributed by atoms with E-state index in [1.807, 2.05) is 7.05 Å². The third kappa shape index (κ3) is 2.55. The maximum atomic E-state index is 9.82. The Balaban J connectivity index is 1.71. The predicted molar refractivity (Wildman–Crippen MR) is 77.0 cm³/mol. The summed E-state index contributed by atoms with van der Waals surface area (Å²) in [4.78, 5) is 2.49. The van der Waals surface area contributed by atoms with E-state index in [2.05, 4.69) is 34.5 Å². The molecule has 3 heteroatoms. The summed E-state index contributed by atoms with van der Waals surface area (Å²) in [7, 11) is 1.99. The first kappa shape index (κ1) is 13.1. The zero-order chi connectivity index (χ0) is 13.3. The van der Waals surface area contributed by atoms with Crippen LogP contribution < -0.4 is 5.32 Å². The second-order valence-corrected chi connectivity index (χ2v) is 6.07. The topological polar surface area (TPSA) is 35.5 Å². The number of benzene rings is 1. The molecule has 1 unspecified atom stereocenters. The molecule has 0 aromatic heterocycles. The highest BCUT2D eigenvalue weighted by Crippen LogP contribution is 2.40. The van der Waals surface area contributed by atoms with Gasteiger partial charge in [0, 0.05) is 19.6 Å². The summed E-state index contributed by atoms with van der Waals surface area (Å²) in [5, 5.41) is 13.2. The lowest BCUT2D eigenvalue weighted by atomic mass is 9.91. The van der Waals surface area contributed by atoms with E-state index in [-0.39, 0.29) is 12.1 Å². The van der Waals surface area contributed by atoms with Crippen LogP contribution in [0, 0.1) is 5.92 Å². The number of nitrogens with one attached hydrogen (secondary N) is 1. The Morgan fingerprint density at radius 3 is 2.68 bits per heavy atom. The minimum absolute atomic E-state index is 0.0910. The number of rotatable bonds is 5. The van der Waals surface area contributed by atoms with Crippen LogP contribution in [0.25, 0.3) is 0 Å². The van der Waals surface area contributed by atoms with Gasteiger partial charge in [-0.25, -0.2) is 0 Å². The number of likely N-dealkylation sites (N-methyl/N-ethyl adjacent to an activating group) is 1. The molecule has 0 bridgehead atoms. The highest BCUT2D eigenvalue weighted by molar-refractivity contribution is 5.29. The van der Waals surface area contributed by atoms with Crippen molar-refractivity contribution in [3.63, 3.8) is 0 Å². The number of fused-ring (bicyclic) bond motifs is 1. The van der Waals surface area contributed by atoms with E-state index in [0.29, 0.717) is 5.92 Å². The lowest BCUT2D eigenvalue weighted by Crippen LogP contribution is -2.57. The second kappa shape index (κ2) is 5.23. The van der Waals surface area contributed by atoms with Crippen LogP contribution in [0.4, 0.5) is 0 Å². The van der Waals surface area contributed by atoms with Gasteiger partial charge in [0.25, 0.3) is 0 Å². The first-order chi connectivity index (χ1) is 9.27. The predicted octanol–water partition coefficient (Wildman–Crippen LogP) is 1.41. The fourth-order valence-electron chi connectivity index (χ4n) is 3.39. The summed E-state index contributed by atoms with van der Waals surface area (Å²) in [6.45, 7) is 3.32. The van der Waals surface area contributed by atoms with Gasteiger partial charge in [0.1, 0.15) is 0 Å². The second-order valence-electron chi connectivity index (χ2n) is 6.07. The summed E-state index contributed by atoms with van der Waals surface area (Å²) in [5.41, 5.74) is 2.85. The lowest BCUT2D eigenvalue weighted by Gasteiger charge is -2.39. The van der Waals surface area contributed by atoms with Gasteiger partial charge in [0.15, 0.2) is 0 Å². The van der Waals surface area contributed by atoms with Crippen molar-refractivity contribution in [1.82, 2.24) is 10.2 Å². The Morgan fingerprint density at radius 2 is 2.05 bits per heavy atom. The molecule has 0 radical (unpaired) electrons. The molecule has 1 atom stereocenters. The molecule has 1 aromatic rings. The average molecular weight is 260 g/mol. The Kier molecular flexibility index (Phi) is 3.61. The van der Waals surface area contributed by atoms with Crippen LogP contribution in [0.15, 0.2) is 24.3 Å². The zero-order valence-electron chi connectivity index (χ0n) is 11.7. The minimum Gasteiger partial charge on any atom is -0.394 e. The molecule has 1 fully saturated rings. The lowest BCUT2D eigenvalue weighted by molar-refractivity contribution is 0.0906. The van der Waals surface area contributed by atoms with Gasteiger partial charge in [-0.1, -0.05) is 24.3 Å². The van der Waals surface area contributed by atoms with Crippen LogP contribution in [0.2, 0.25) is 0 Å². The molecule has 1 heterocycles. The van der Waals surface area contributed by atoms with Crippen LogP contribution in [0.1, 0.15) is 24.0 Å². The summed E-state index contributed by atoms with van der Waals surface area (Å²) >= 11 is 0. The molecule has 19 heavy (non-hydrogen) atoms. The molecular formula is C16H24N2O. The highest BCUT2D eigenvalue weighted by Gasteiger charge is 2.44. The van der Waals surface area contributed by atoms with E-state index >= 15 is 0 Å². The molecule has 1 saturated carbocycles. The maximum absolute atomic E-state index is 9.82. The fourth-order valence-corrected chi connectivity index (χ4v) is 3.39. The Morgan fingerprint density at radius 1 is 1.32 bits per heavy atom. The van der Waals surface area contributed by atoms with E-state index in [1.165, 1.54) is 24.0 Å². The van der Waals surface area contributed by atoms with Gasteiger partial charge < -0.3 is 10.4 Å². The molecule has 104 valence electrons. The van der Waals surface area contributed by atoms with Crippen molar-refractivity contribution in [2.45, 2.75) is 31.3 Å². The Hall–Kier alpha value is -0.900. The van der Waals surface area contributed by atoms with Crippen molar-refractivity contribution in [1.29, 1.82) is 0 Å². The van der Waals surface area contributed by atoms with E-state index in [9.17, 15) is 5.11 Å². The smallest absolute Gasteiger partial charge is 0.0628 e. The van der Waals surface area contributed by atoms with Crippen molar-refractivity contribution >= 4 is 0 Å². The van der Waals surface area contributed by atoms with Gasteiger partial charge in [-0.2, -0.15) is 0 Å². The van der Waals surface area contributed by atoms with Gasteiger partial charge >= 0.3 is 0 Å². The summed E-state index contributed by atoms with van der Waals surface area (Å²) < 4.78 is 0. The van der Waals surface area contributed by atoms with E-state index in [4.69, 9.17) is 0 Å². The molecule has 1 aromatic carbocycles. The monoisotopic (exact) mass is 260 g/mol. The van der Waals surface area contributed by atoms with Crippen molar-refractivity contribution in [3.8, 4) is 0 Å². The van der Waals surface area contributed by atoms with Gasteiger partial charge in [-0.3, -0.25) is 4.90 Å². The van der Waals surface area contributed by atoms with Gasteiger partial charge in [0.05, 0.1) is 12.1 Å². The Bertz CT molecular complexity index is 438. The number of nitrogens with zero attached hydrogens (tertiary/aromatic N) is 1. The van der Waals surface area contributed by atoms with Crippen molar-refractivity contribution in [2.75, 3.05) is 26.7 Å². The molecule has 1 aliphatic carbocycles. The molecule has 2 aliphatic rings. The van der Waals surface area contributed by atoms with Crippen molar-refractivity contribution in [2.24, 2.45) is 5.92 Å². The van der Waals surface area contributed by atoms with Crippen LogP contribution in [-0.4, -0.2) is 42.3 Å². The van der Waals surface area contributed by atoms with Crippen LogP contribution in [0.3, 0.4) is 0 Å². The standard InChI is InChI=1S/C16H24N2O/c1-17-16(12-19,15-6-7-15)11-18-9-8-13-4-2-3-5-14(13)10-18/h2-5,15,17,19H,6-12H2,1H3. The average Bonchev–Trinajstić information content (AvgIpc) is 3.30. The SMILES string of the molecule is CNC(CO)(CN1CCc2ccccc2C1)C1CC1. The molecule has 0 saturated heterocycles. The van der Waals surface area contributed by atoms with Crippen molar-refractivity contribution < 1.29 is 5.11 Å². The molecular weight excluding hydrogens is 236 g/mol. The quantitative estimate of drug-likeness (QED) is 0.840. The minimum atomic E-state index is -0.0910. The molecule has 0 spiro atoms. The molecule has 2 N–H and O–H groups in total. The largest absolute Gasteiger partial charge is 0.394 e. The molecule has 3 rings (SSSR count). The van der Waals surface area contributed by atoms with Crippen LogP contribution in [0.5, 0.6) is 0 Å². The molecule has 1 aliphatic heterocycles. The van der Waals surface area contributed by atoms with E-state index in [0.717, 1.165) is 26.1 Å². The number of aliphatic hydroxyl groups is 1. The molecule has 3 nitrogen and oxygen atoms in total. The normalized spacial score (nSPS) is 22.8. The van der Waals surface area contributed by atoms with Gasteiger partial charge in [-0.05, 0) is 43.4 Å². The van der Waals surface area contributed by atoms with E-state index < -0.39 is 0 Å². The molecule has 0 amide bonds. The van der Waals surface area contributed by atoms with Crippen LogP contribution >= 0.6 is 0 Å².